The number of aromatic nitrogens is 4. The topological polar surface area (TPSA) is 85.8 Å². The quantitative estimate of drug-likeness (QED) is 0.581. The Labute approximate surface area is 153 Å². The van der Waals surface area contributed by atoms with Crippen LogP contribution in [-0.2, 0) is 6.42 Å². The van der Waals surface area contributed by atoms with Gasteiger partial charge in [-0.05, 0) is 30.7 Å². The summed E-state index contributed by atoms with van der Waals surface area (Å²) in [6.45, 7) is 1.99. The first kappa shape index (κ1) is 16.2. The van der Waals surface area contributed by atoms with Gasteiger partial charge in [0, 0.05) is 6.07 Å². The third-order valence-electron chi connectivity index (χ3n) is 3.71. The molecule has 0 unspecified atom stereocenters. The Morgan fingerprint density at radius 2 is 2.04 bits per heavy atom. The number of aryl methyl sites for hydroxylation is 1. The van der Waals surface area contributed by atoms with E-state index in [0.717, 1.165) is 17.1 Å². The molecule has 1 aromatic carbocycles. The molecule has 0 aliphatic rings. The van der Waals surface area contributed by atoms with Crippen LogP contribution in [0.3, 0.4) is 0 Å². The number of benzene rings is 1. The SMILES string of the molecule is CCc1nnc(NC(=O)c2cc(-c3ccco3)nn2-c2ccccc2)s1. The van der Waals surface area contributed by atoms with Crippen LogP contribution < -0.4 is 5.32 Å². The summed E-state index contributed by atoms with van der Waals surface area (Å²) in [5.74, 6) is 0.288. The highest BCUT2D eigenvalue weighted by Gasteiger charge is 2.20. The molecule has 3 heterocycles. The van der Waals surface area contributed by atoms with Gasteiger partial charge in [0.25, 0.3) is 5.91 Å². The summed E-state index contributed by atoms with van der Waals surface area (Å²) >= 11 is 1.36. The summed E-state index contributed by atoms with van der Waals surface area (Å²) in [5.41, 5.74) is 1.74. The summed E-state index contributed by atoms with van der Waals surface area (Å²) in [6, 6.07) is 14.7. The van der Waals surface area contributed by atoms with E-state index in [2.05, 4.69) is 20.6 Å². The number of amides is 1. The molecule has 1 N–H and O–H groups in total. The minimum atomic E-state index is -0.307. The van der Waals surface area contributed by atoms with Crippen LogP contribution in [0.1, 0.15) is 22.4 Å². The largest absolute Gasteiger partial charge is 0.463 e. The molecule has 0 fully saturated rings. The predicted octanol–water partition coefficient (Wildman–Crippen LogP) is 3.80. The van der Waals surface area contributed by atoms with Gasteiger partial charge in [0.15, 0.2) is 5.76 Å². The van der Waals surface area contributed by atoms with Gasteiger partial charge in [0.2, 0.25) is 5.13 Å². The number of hydrogen-bond donors (Lipinski definition) is 1. The van der Waals surface area contributed by atoms with E-state index in [9.17, 15) is 4.79 Å². The van der Waals surface area contributed by atoms with Crippen molar-refractivity contribution in [3.63, 3.8) is 0 Å². The number of carbonyl (C=O) groups excluding carboxylic acids is 1. The lowest BCUT2D eigenvalue weighted by Crippen LogP contribution is -2.16. The standard InChI is InChI=1S/C18H15N5O2S/c1-2-16-20-21-18(26-16)19-17(24)14-11-13(15-9-6-10-25-15)22-23(14)12-7-4-3-5-8-12/h3-11H,2H2,1H3,(H,19,21,24). The Morgan fingerprint density at radius 1 is 1.19 bits per heavy atom. The van der Waals surface area contributed by atoms with Crippen LogP contribution in [0.15, 0.2) is 59.2 Å². The van der Waals surface area contributed by atoms with Crippen molar-refractivity contribution in [3.05, 3.63) is 65.5 Å². The molecule has 4 rings (SSSR count). The molecule has 0 bridgehead atoms. The lowest BCUT2D eigenvalue weighted by Gasteiger charge is -2.06. The van der Waals surface area contributed by atoms with E-state index in [1.165, 1.54) is 11.3 Å². The molecular weight excluding hydrogens is 350 g/mol. The van der Waals surface area contributed by atoms with Gasteiger partial charge in [-0.3, -0.25) is 10.1 Å². The van der Waals surface area contributed by atoms with Crippen LogP contribution >= 0.6 is 11.3 Å². The lowest BCUT2D eigenvalue weighted by molar-refractivity contribution is 0.101. The number of para-hydroxylation sites is 1. The number of nitrogens with one attached hydrogen (secondary N) is 1. The van der Waals surface area contributed by atoms with Crippen molar-refractivity contribution >= 4 is 22.4 Å². The predicted molar refractivity (Wildman–Crippen MR) is 98.5 cm³/mol. The fourth-order valence-corrected chi connectivity index (χ4v) is 3.14. The minimum absolute atomic E-state index is 0.307. The zero-order chi connectivity index (χ0) is 17.9. The van der Waals surface area contributed by atoms with E-state index in [-0.39, 0.29) is 5.91 Å². The van der Waals surface area contributed by atoms with Crippen molar-refractivity contribution in [2.24, 2.45) is 0 Å². The normalized spacial score (nSPS) is 10.8. The van der Waals surface area contributed by atoms with E-state index in [1.54, 1.807) is 29.1 Å². The van der Waals surface area contributed by atoms with E-state index >= 15 is 0 Å². The van der Waals surface area contributed by atoms with Gasteiger partial charge in [-0.1, -0.05) is 36.5 Å². The molecule has 0 aliphatic carbocycles. The Balaban J connectivity index is 1.72. The Bertz CT molecular complexity index is 1020. The molecule has 26 heavy (non-hydrogen) atoms. The van der Waals surface area contributed by atoms with Crippen LogP contribution in [-0.4, -0.2) is 25.9 Å². The smallest absolute Gasteiger partial charge is 0.276 e. The first-order valence-corrected chi connectivity index (χ1v) is 8.89. The first-order chi connectivity index (χ1) is 12.7. The van der Waals surface area contributed by atoms with Crippen LogP contribution in [0.2, 0.25) is 0 Å². The second kappa shape index (κ2) is 6.93. The van der Waals surface area contributed by atoms with Crippen molar-refractivity contribution in [2.45, 2.75) is 13.3 Å². The number of anilines is 1. The number of nitrogens with zero attached hydrogens (tertiary/aromatic N) is 4. The molecule has 0 saturated carbocycles. The maximum absolute atomic E-state index is 12.8. The molecule has 1 amide bonds. The summed E-state index contributed by atoms with van der Waals surface area (Å²) < 4.78 is 7.00. The zero-order valence-corrected chi connectivity index (χ0v) is 14.7. The fourth-order valence-electron chi connectivity index (χ4n) is 2.46. The minimum Gasteiger partial charge on any atom is -0.463 e. The lowest BCUT2D eigenvalue weighted by atomic mass is 10.2. The summed E-state index contributed by atoms with van der Waals surface area (Å²) in [7, 11) is 0. The average Bonchev–Trinajstić information content (AvgIpc) is 3.41. The van der Waals surface area contributed by atoms with E-state index in [4.69, 9.17) is 4.42 Å². The number of hydrogen-bond acceptors (Lipinski definition) is 6. The third kappa shape index (κ3) is 3.14. The number of furan rings is 1. The summed E-state index contributed by atoms with van der Waals surface area (Å²) in [5, 5.41) is 16.7. The van der Waals surface area contributed by atoms with E-state index < -0.39 is 0 Å². The second-order valence-corrected chi connectivity index (χ2v) is 6.51. The van der Waals surface area contributed by atoms with Gasteiger partial charge >= 0.3 is 0 Å². The molecule has 0 saturated heterocycles. The maximum atomic E-state index is 12.8. The van der Waals surface area contributed by atoms with Crippen LogP contribution in [0.5, 0.6) is 0 Å². The number of carbonyl (C=O) groups is 1. The highest BCUT2D eigenvalue weighted by atomic mass is 32.1. The molecule has 0 atom stereocenters. The van der Waals surface area contributed by atoms with Crippen LogP contribution in [0, 0.1) is 0 Å². The molecule has 3 aromatic heterocycles. The Hall–Kier alpha value is -3.26. The zero-order valence-electron chi connectivity index (χ0n) is 13.9. The van der Waals surface area contributed by atoms with Crippen molar-refractivity contribution < 1.29 is 9.21 Å². The number of rotatable bonds is 5. The molecule has 0 spiro atoms. The molecule has 0 radical (unpaired) electrons. The van der Waals surface area contributed by atoms with Gasteiger partial charge in [-0.15, -0.1) is 10.2 Å². The van der Waals surface area contributed by atoms with Gasteiger partial charge in [0.05, 0.1) is 12.0 Å². The van der Waals surface area contributed by atoms with Gasteiger partial charge in [0.1, 0.15) is 16.4 Å². The molecule has 130 valence electrons. The van der Waals surface area contributed by atoms with Crippen molar-refractivity contribution in [3.8, 4) is 17.1 Å². The van der Waals surface area contributed by atoms with Crippen molar-refractivity contribution in [2.75, 3.05) is 5.32 Å². The Morgan fingerprint density at radius 3 is 2.73 bits per heavy atom. The summed E-state index contributed by atoms with van der Waals surface area (Å²) in [6.07, 6.45) is 2.35. The average molecular weight is 365 g/mol. The van der Waals surface area contributed by atoms with Crippen molar-refractivity contribution in [1.29, 1.82) is 0 Å². The molecule has 0 aliphatic heterocycles. The maximum Gasteiger partial charge on any atom is 0.276 e. The second-order valence-electron chi connectivity index (χ2n) is 5.45. The van der Waals surface area contributed by atoms with Gasteiger partial charge < -0.3 is 4.42 Å². The first-order valence-electron chi connectivity index (χ1n) is 8.07. The molecular formula is C18H15N5O2S. The van der Waals surface area contributed by atoms with E-state index in [1.807, 2.05) is 37.3 Å². The van der Waals surface area contributed by atoms with Gasteiger partial charge in [-0.2, -0.15) is 5.10 Å². The molecule has 7 nitrogen and oxygen atoms in total. The Kier molecular flexibility index (Phi) is 4.32. The fraction of sp³-hybridized carbons (Fsp3) is 0.111. The van der Waals surface area contributed by atoms with Gasteiger partial charge in [-0.25, -0.2) is 4.68 Å². The van der Waals surface area contributed by atoms with Crippen molar-refractivity contribution in [1.82, 2.24) is 20.0 Å². The summed E-state index contributed by atoms with van der Waals surface area (Å²) in [4.78, 5) is 12.8. The molecule has 8 heteroatoms. The highest BCUT2D eigenvalue weighted by molar-refractivity contribution is 7.15. The van der Waals surface area contributed by atoms with Crippen LogP contribution in [0.25, 0.3) is 17.1 Å². The monoisotopic (exact) mass is 365 g/mol. The molecule has 4 aromatic rings. The van der Waals surface area contributed by atoms with Crippen LogP contribution in [0.4, 0.5) is 5.13 Å². The van der Waals surface area contributed by atoms with E-state index in [0.29, 0.717) is 22.3 Å². The third-order valence-corrected chi connectivity index (χ3v) is 4.69. The highest BCUT2D eigenvalue weighted by Crippen LogP contribution is 2.23.